The highest BCUT2D eigenvalue weighted by Crippen LogP contribution is 2.21. The highest BCUT2D eigenvalue weighted by Gasteiger charge is 2.23. The third kappa shape index (κ3) is 6.59. The van der Waals surface area contributed by atoms with E-state index in [-0.39, 0.29) is 17.9 Å². The van der Waals surface area contributed by atoms with Gasteiger partial charge in [0.15, 0.2) is 0 Å². The molecule has 2 heterocycles. The first-order chi connectivity index (χ1) is 16.9. The Labute approximate surface area is 206 Å². The lowest BCUT2D eigenvalue weighted by molar-refractivity contribution is 0.0721. The summed E-state index contributed by atoms with van der Waals surface area (Å²) in [5.41, 5.74) is 2.85. The van der Waals surface area contributed by atoms with E-state index in [0.29, 0.717) is 48.9 Å². The van der Waals surface area contributed by atoms with Gasteiger partial charge >= 0.3 is 0 Å². The first-order valence-electron chi connectivity index (χ1n) is 11.6. The van der Waals surface area contributed by atoms with Crippen LogP contribution >= 0.6 is 0 Å². The van der Waals surface area contributed by atoms with Gasteiger partial charge < -0.3 is 19.7 Å². The lowest BCUT2D eigenvalue weighted by Gasteiger charge is -2.29. The Morgan fingerprint density at radius 1 is 1.09 bits per heavy atom. The number of amides is 2. The number of rotatable bonds is 11. The summed E-state index contributed by atoms with van der Waals surface area (Å²) < 4.78 is 12.1. The molecule has 0 saturated carbocycles. The van der Waals surface area contributed by atoms with Crippen LogP contribution in [0, 0.1) is 6.92 Å². The van der Waals surface area contributed by atoms with Crippen molar-refractivity contribution in [3.8, 4) is 11.8 Å². The van der Waals surface area contributed by atoms with Crippen molar-refractivity contribution in [3.63, 3.8) is 0 Å². The van der Waals surface area contributed by atoms with E-state index in [9.17, 15) is 9.59 Å². The maximum atomic E-state index is 13.4. The second-order valence-electron chi connectivity index (χ2n) is 8.23. The van der Waals surface area contributed by atoms with Crippen molar-refractivity contribution in [1.82, 2.24) is 25.0 Å². The molecule has 0 aliphatic carbocycles. The van der Waals surface area contributed by atoms with Crippen molar-refractivity contribution in [2.45, 2.75) is 39.3 Å². The molecule has 0 aliphatic rings. The van der Waals surface area contributed by atoms with Crippen LogP contribution in [0.1, 0.15) is 45.4 Å². The fourth-order valence-corrected chi connectivity index (χ4v) is 3.91. The summed E-state index contributed by atoms with van der Waals surface area (Å²) in [7, 11) is 4.76. The highest BCUT2D eigenvalue weighted by molar-refractivity contribution is 5.95. The van der Waals surface area contributed by atoms with Gasteiger partial charge in [0.2, 0.25) is 11.8 Å². The van der Waals surface area contributed by atoms with Crippen LogP contribution in [0.25, 0.3) is 0 Å². The van der Waals surface area contributed by atoms with Crippen molar-refractivity contribution in [1.29, 1.82) is 0 Å². The summed E-state index contributed by atoms with van der Waals surface area (Å²) in [5.74, 6) is 0.242. The zero-order valence-electron chi connectivity index (χ0n) is 20.9. The smallest absolute Gasteiger partial charge is 0.269 e. The van der Waals surface area contributed by atoms with E-state index in [0.717, 1.165) is 11.3 Å². The third-order valence-electron chi connectivity index (χ3n) is 5.82. The molecule has 186 valence electrons. The van der Waals surface area contributed by atoms with Crippen molar-refractivity contribution in [2.75, 3.05) is 27.8 Å². The van der Waals surface area contributed by atoms with Gasteiger partial charge in [0.25, 0.3) is 11.8 Å². The average molecular weight is 480 g/mol. The molecule has 0 saturated heterocycles. The molecule has 3 rings (SSSR count). The van der Waals surface area contributed by atoms with Crippen LogP contribution in [0.4, 0.5) is 0 Å². The zero-order valence-corrected chi connectivity index (χ0v) is 20.9. The minimum absolute atomic E-state index is 0.159. The molecular weight excluding hydrogens is 446 g/mol. The summed E-state index contributed by atoms with van der Waals surface area (Å²) in [6.45, 7) is 4.83. The summed E-state index contributed by atoms with van der Waals surface area (Å²) in [6, 6.07) is 14.8. The van der Waals surface area contributed by atoms with Gasteiger partial charge in [0, 0.05) is 38.3 Å². The molecule has 0 unspecified atom stereocenters. The largest absolute Gasteiger partial charge is 0.481 e. The van der Waals surface area contributed by atoms with Gasteiger partial charge in [0.1, 0.15) is 5.69 Å². The van der Waals surface area contributed by atoms with E-state index in [1.807, 2.05) is 44.2 Å². The van der Waals surface area contributed by atoms with Crippen LogP contribution in [0.3, 0.4) is 0 Å². The highest BCUT2D eigenvalue weighted by atomic mass is 16.5. The number of methoxy groups -OCH3 is 2. The number of likely N-dealkylation sites (N-methyl/N-ethyl adjacent to an activating group) is 1. The second-order valence-corrected chi connectivity index (χ2v) is 8.23. The maximum Gasteiger partial charge on any atom is 0.269 e. The van der Waals surface area contributed by atoms with E-state index in [1.54, 1.807) is 34.8 Å². The number of carbonyl (C=O) groups excluding carboxylic acids is 2. The molecule has 0 spiro atoms. The van der Waals surface area contributed by atoms with Gasteiger partial charge in [-0.2, -0.15) is 10.1 Å². The number of aromatic nitrogens is 3. The number of benzene rings is 1. The number of carbonyl (C=O) groups is 2. The molecule has 1 aromatic carbocycles. The van der Waals surface area contributed by atoms with E-state index >= 15 is 0 Å². The number of ether oxygens (including phenoxy) is 2. The van der Waals surface area contributed by atoms with E-state index in [4.69, 9.17) is 9.47 Å². The van der Waals surface area contributed by atoms with Crippen molar-refractivity contribution < 1.29 is 19.1 Å². The predicted molar refractivity (Wildman–Crippen MR) is 133 cm³/mol. The molecule has 3 aromatic rings. The van der Waals surface area contributed by atoms with E-state index in [1.165, 1.54) is 14.2 Å². The first-order valence-corrected chi connectivity index (χ1v) is 11.6. The number of hydrogen-bond acceptors (Lipinski definition) is 6. The topological polar surface area (TPSA) is 98.6 Å². The minimum Gasteiger partial charge on any atom is -0.481 e. The lowest BCUT2D eigenvalue weighted by Crippen LogP contribution is -2.41. The van der Waals surface area contributed by atoms with Gasteiger partial charge in [-0.25, -0.2) is 0 Å². The van der Waals surface area contributed by atoms with Gasteiger partial charge in [-0.15, -0.1) is 0 Å². The molecule has 1 N–H and O–H groups in total. The van der Waals surface area contributed by atoms with Crippen LogP contribution in [-0.4, -0.2) is 65.3 Å². The van der Waals surface area contributed by atoms with Gasteiger partial charge in [-0.1, -0.05) is 30.3 Å². The number of hydrogen-bond donors (Lipinski definition) is 1. The summed E-state index contributed by atoms with van der Waals surface area (Å²) in [4.78, 5) is 32.0. The number of pyridine rings is 1. The van der Waals surface area contributed by atoms with Gasteiger partial charge in [-0.05, 0) is 38.3 Å². The Balaban J connectivity index is 1.76. The minimum atomic E-state index is -0.184. The molecule has 9 nitrogen and oxygen atoms in total. The number of nitrogens with zero attached hydrogens (tertiary/aromatic N) is 4. The van der Waals surface area contributed by atoms with Gasteiger partial charge in [-0.3, -0.25) is 14.3 Å². The quantitative estimate of drug-likeness (QED) is 0.454. The van der Waals surface area contributed by atoms with Crippen LogP contribution in [-0.2, 0) is 13.0 Å². The molecule has 2 amide bonds. The average Bonchev–Trinajstić information content (AvgIpc) is 3.28. The molecule has 2 aromatic heterocycles. The Morgan fingerprint density at radius 3 is 2.34 bits per heavy atom. The third-order valence-corrected chi connectivity index (χ3v) is 5.82. The summed E-state index contributed by atoms with van der Waals surface area (Å²) in [5, 5.41) is 7.33. The molecule has 9 heteroatoms. The maximum absolute atomic E-state index is 13.4. The molecule has 1 atom stereocenters. The van der Waals surface area contributed by atoms with Crippen molar-refractivity contribution in [2.24, 2.45) is 0 Å². The second kappa shape index (κ2) is 12.0. The standard InChI is InChI=1S/C26H33N5O4/c1-6-31-22(14-18(2)29-31)25(32)27-13-12-21(15-19-10-8-7-9-11-19)30(3)26(33)20-16-23(34-4)28-24(17-20)35-5/h7-11,14,16-17,21H,6,12-13,15H2,1-5H3,(H,27,32)/t21-/m1/s1. The van der Waals surface area contributed by atoms with Crippen molar-refractivity contribution in [3.05, 3.63) is 71.0 Å². The normalized spacial score (nSPS) is 11.6. The Bertz CT molecular complexity index is 1120. The molecular formula is C26H33N5O4. The van der Waals surface area contributed by atoms with Crippen LogP contribution in [0.15, 0.2) is 48.5 Å². The molecule has 0 radical (unpaired) electrons. The zero-order chi connectivity index (χ0) is 25.4. The monoisotopic (exact) mass is 479 g/mol. The molecule has 35 heavy (non-hydrogen) atoms. The fraction of sp³-hybridized carbons (Fsp3) is 0.385. The fourth-order valence-electron chi connectivity index (χ4n) is 3.91. The lowest BCUT2D eigenvalue weighted by atomic mass is 10.0. The Kier molecular flexibility index (Phi) is 8.83. The van der Waals surface area contributed by atoms with Crippen LogP contribution in [0.5, 0.6) is 11.8 Å². The number of nitrogens with one attached hydrogen (secondary N) is 1. The molecule has 0 fully saturated rings. The Hall–Kier alpha value is -3.88. The summed E-state index contributed by atoms with van der Waals surface area (Å²) >= 11 is 0. The molecule has 0 aliphatic heterocycles. The van der Waals surface area contributed by atoms with E-state index in [2.05, 4.69) is 15.4 Å². The van der Waals surface area contributed by atoms with E-state index < -0.39 is 0 Å². The Morgan fingerprint density at radius 2 is 1.74 bits per heavy atom. The van der Waals surface area contributed by atoms with Crippen molar-refractivity contribution >= 4 is 11.8 Å². The van der Waals surface area contributed by atoms with Crippen LogP contribution < -0.4 is 14.8 Å². The summed E-state index contributed by atoms with van der Waals surface area (Å²) in [6.07, 6.45) is 1.21. The molecule has 0 bridgehead atoms. The first kappa shape index (κ1) is 25.7. The van der Waals surface area contributed by atoms with Gasteiger partial charge in [0.05, 0.1) is 25.5 Å². The SMILES string of the molecule is CCn1nc(C)cc1C(=O)NCC[C@H](Cc1ccccc1)N(C)C(=O)c1cc(OC)nc(OC)c1. The predicted octanol–water partition coefficient (Wildman–Crippen LogP) is 3.13. The number of aryl methyl sites for hydroxylation is 2. The van der Waals surface area contributed by atoms with Crippen LogP contribution in [0.2, 0.25) is 0 Å².